The van der Waals surface area contributed by atoms with Gasteiger partial charge in [-0.1, -0.05) is 66.7 Å². The molecule has 1 aliphatic rings. The summed E-state index contributed by atoms with van der Waals surface area (Å²) in [7, 11) is 0. The maximum Gasteiger partial charge on any atom is 0.338 e. The van der Waals surface area contributed by atoms with E-state index in [1.54, 1.807) is 47.2 Å². The Morgan fingerprint density at radius 1 is 1.02 bits per heavy atom. The highest BCUT2D eigenvalue weighted by Crippen LogP contribution is 2.40. The predicted molar refractivity (Wildman–Crippen MR) is 155 cm³/mol. The molecule has 3 heterocycles. The molecule has 0 bridgehead atoms. The van der Waals surface area contributed by atoms with Crippen LogP contribution in [0.3, 0.4) is 0 Å². The van der Waals surface area contributed by atoms with Crippen molar-refractivity contribution in [1.29, 1.82) is 0 Å². The van der Waals surface area contributed by atoms with E-state index in [-0.39, 0.29) is 16.1 Å². The van der Waals surface area contributed by atoms with Crippen molar-refractivity contribution < 1.29 is 28.9 Å². The van der Waals surface area contributed by atoms with E-state index in [1.165, 1.54) is 18.5 Å². The summed E-state index contributed by atoms with van der Waals surface area (Å²) in [5, 5.41) is 22.8. The average molecular weight is 586 g/mol. The molecule has 0 aliphatic carbocycles. The molecule has 0 spiro atoms. The number of nitrogens with zero attached hydrogens (tertiary/aromatic N) is 3. The van der Waals surface area contributed by atoms with Gasteiger partial charge in [0.1, 0.15) is 36.1 Å². The van der Waals surface area contributed by atoms with Crippen molar-refractivity contribution in [3.8, 4) is 11.1 Å². The number of esters is 1. The molecule has 0 radical (unpaired) electrons. The van der Waals surface area contributed by atoms with Crippen LogP contribution in [0.2, 0.25) is 5.02 Å². The molecular formula is C32H25ClFN3O5. The number of fused-ring (bicyclic) bond motifs is 1. The smallest absolute Gasteiger partial charge is 0.338 e. The Kier molecular flexibility index (Phi) is 7.57. The molecule has 212 valence electrons. The van der Waals surface area contributed by atoms with Gasteiger partial charge in [-0.25, -0.2) is 19.2 Å². The Labute approximate surface area is 245 Å². The normalized spacial score (nSPS) is 20.9. The molecule has 42 heavy (non-hydrogen) atoms. The number of rotatable bonds is 7. The van der Waals surface area contributed by atoms with Crippen LogP contribution >= 0.6 is 11.6 Å². The van der Waals surface area contributed by atoms with Gasteiger partial charge in [-0.05, 0) is 53.1 Å². The van der Waals surface area contributed by atoms with Crippen molar-refractivity contribution >= 4 is 34.7 Å². The summed E-state index contributed by atoms with van der Waals surface area (Å²) in [6.45, 7) is 3.76. The van der Waals surface area contributed by atoms with Crippen LogP contribution in [0, 0.1) is 5.82 Å². The van der Waals surface area contributed by atoms with Crippen LogP contribution in [0.15, 0.2) is 98.0 Å². The van der Waals surface area contributed by atoms with E-state index in [0.717, 1.165) is 17.2 Å². The maximum atomic E-state index is 14.6. The van der Waals surface area contributed by atoms with Gasteiger partial charge in [-0.15, -0.1) is 0 Å². The van der Waals surface area contributed by atoms with E-state index in [1.807, 2.05) is 30.3 Å². The van der Waals surface area contributed by atoms with E-state index in [0.29, 0.717) is 16.7 Å². The number of benzene rings is 3. The summed E-state index contributed by atoms with van der Waals surface area (Å²) >= 11 is 5.91. The molecular weight excluding hydrogens is 561 g/mol. The number of carbonyl (C=O) groups is 1. The van der Waals surface area contributed by atoms with Gasteiger partial charge in [0.05, 0.1) is 16.3 Å². The first-order valence-electron chi connectivity index (χ1n) is 13.1. The van der Waals surface area contributed by atoms with Gasteiger partial charge in [0.15, 0.2) is 12.3 Å². The highest BCUT2D eigenvalue weighted by Gasteiger charge is 2.49. The van der Waals surface area contributed by atoms with Crippen LogP contribution in [0.25, 0.3) is 28.2 Å². The molecule has 1 unspecified atom stereocenters. The SMILES string of the molecule is C=Cc1ncnc2c1ccn2[C@@H]1O[C@H](C(OC(=O)c2ccc(-c3ccccc3)cc2)c2ccc(Cl)c(F)c2)[C@@H](O)[C@H]1O. The largest absolute Gasteiger partial charge is 0.451 e. The fourth-order valence-corrected chi connectivity index (χ4v) is 5.27. The van der Waals surface area contributed by atoms with Crippen molar-refractivity contribution in [3.05, 3.63) is 126 Å². The maximum absolute atomic E-state index is 14.6. The van der Waals surface area contributed by atoms with Crippen molar-refractivity contribution in [2.24, 2.45) is 0 Å². The zero-order valence-electron chi connectivity index (χ0n) is 22.0. The molecule has 1 saturated heterocycles. The minimum Gasteiger partial charge on any atom is -0.451 e. The first kappa shape index (κ1) is 27.7. The Morgan fingerprint density at radius 3 is 2.48 bits per heavy atom. The first-order chi connectivity index (χ1) is 20.4. The average Bonchev–Trinajstić information content (AvgIpc) is 3.58. The number of hydrogen-bond acceptors (Lipinski definition) is 7. The third-order valence-corrected chi connectivity index (χ3v) is 7.62. The quantitative estimate of drug-likeness (QED) is 0.234. The standard InChI is InChI=1S/C32H25ClFN3O5/c1-2-25-22-14-15-37(30(22)36-17-35-25)31-27(39)26(38)29(41-31)28(21-12-13-23(33)24(34)16-21)42-32(40)20-10-8-19(9-11-20)18-6-4-3-5-7-18/h2-17,26-29,31,38-39H,1H2/t26-,27+,28?,29-,31+/m0/s1. The Bertz CT molecular complexity index is 1760. The number of carbonyl (C=O) groups excluding carboxylic acids is 1. The molecule has 1 aliphatic heterocycles. The van der Waals surface area contributed by atoms with Crippen LogP contribution in [0.5, 0.6) is 0 Å². The lowest BCUT2D eigenvalue weighted by Crippen LogP contribution is -2.36. The first-order valence-corrected chi connectivity index (χ1v) is 13.5. The lowest BCUT2D eigenvalue weighted by molar-refractivity contribution is -0.0916. The van der Waals surface area contributed by atoms with Gasteiger partial charge in [0.25, 0.3) is 0 Å². The van der Waals surface area contributed by atoms with Crippen LogP contribution in [-0.2, 0) is 9.47 Å². The van der Waals surface area contributed by atoms with Gasteiger partial charge in [-0.2, -0.15) is 0 Å². The van der Waals surface area contributed by atoms with E-state index in [9.17, 15) is 19.4 Å². The molecule has 5 aromatic rings. The summed E-state index contributed by atoms with van der Waals surface area (Å²) in [5.41, 5.74) is 3.36. The van der Waals surface area contributed by atoms with Crippen LogP contribution in [-0.4, -0.2) is 49.0 Å². The Hall–Kier alpha value is -4.41. The minimum atomic E-state index is -1.51. The molecule has 10 heteroatoms. The second-order valence-electron chi connectivity index (χ2n) is 9.84. The number of hydrogen-bond donors (Lipinski definition) is 2. The van der Waals surface area contributed by atoms with Gasteiger partial charge in [0, 0.05) is 11.6 Å². The zero-order chi connectivity index (χ0) is 29.4. The van der Waals surface area contributed by atoms with Crippen molar-refractivity contribution in [2.45, 2.75) is 30.6 Å². The highest BCUT2D eigenvalue weighted by atomic mass is 35.5. The van der Waals surface area contributed by atoms with E-state index >= 15 is 0 Å². The van der Waals surface area contributed by atoms with Crippen LogP contribution < -0.4 is 0 Å². The van der Waals surface area contributed by atoms with E-state index in [2.05, 4.69) is 16.5 Å². The van der Waals surface area contributed by atoms with Gasteiger partial charge < -0.3 is 24.3 Å². The van der Waals surface area contributed by atoms with Crippen molar-refractivity contribution in [2.75, 3.05) is 0 Å². The molecule has 0 saturated carbocycles. The second kappa shape index (κ2) is 11.5. The van der Waals surface area contributed by atoms with Crippen LogP contribution in [0.4, 0.5) is 4.39 Å². The molecule has 1 fully saturated rings. The fraction of sp³-hybridized carbons (Fsp3) is 0.156. The molecule has 2 N–H and O–H groups in total. The van der Waals surface area contributed by atoms with Gasteiger partial charge >= 0.3 is 5.97 Å². The molecule has 0 amide bonds. The van der Waals surface area contributed by atoms with Gasteiger partial charge in [-0.3, -0.25) is 0 Å². The highest BCUT2D eigenvalue weighted by molar-refractivity contribution is 6.30. The third kappa shape index (κ3) is 5.08. The fourth-order valence-electron chi connectivity index (χ4n) is 5.15. The topological polar surface area (TPSA) is 107 Å². The molecule has 5 atom stereocenters. The Balaban J connectivity index is 1.32. The lowest BCUT2D eigenvalue weighted by Gasteiger charge is -2.26. The van der Waals surface area contributed by atoms with E-state index < -0.39 is 42.4 Å². The van der Waals surface area contributed by atoms with Gasteiger partial charge in [0.2, 0.25) is 0 Å². The summed E-state index contributed by atoms with van der Waals surface area (Å²) in [6.07, 6.45) is -2.03. The minimum absolute atomic E-state index is 0.123. The summed E-state index contributed by atoms with van der Waals surface area (Å²) in [6, 6.07) is 22.2. The van der Waals surface area contributed by atoms with Crippen molar-refractivity contribution in [3.63, 3.8) is 0 Å². The molecule has 3 aromatic carbocycles. The molecule has 6 rings (SSSR count). The predicted octanol–water partition coefficient (Wildman–Crippen LogP) is 5.75. The summed E-state index contributed by atoms with van der Waals surface area (Å²) in [5.74, 6) is -1.46. The Morgan fingerprint density at radius 2 is 1.76 bits per heavy atom. The summed E-state index contributed by atoms with van der Waals surface area (Å²) < 4.78 is 28.1. The molecule has 8 nitrogen and oxygen atoms in total. The summed E-state index contributed by atoms with van der Waals surface area (Å²) in [4.78, 5) is 21.8. The second-order valence-corrected chi connectivity index (χ2v) is 10.2. The van der Waals surface area contributed by atoms with Crippen molar-refractivity contribution in [1.82, 2.24) is 14.5 Å². The number of aliphatic hydroxyl groups is 2. The number of ether oxygens (including phenoxy) is 2. The lowest BCUT2D eigenvalue weighted by atomic mass is 9.98. The number of aliphatic hydroxyl groups excluding tert-OH is 2. The van der Waals surface area contributed by atoms with E-state index in [4.69, 9.17) is 21.1 Å². The van der Waals surface area contributed by atoms with Crippen LogP contribution in [0.1, 0.15) is 33.9 Å². The monoisotopic (exact) mass is 585 g/mol. The zero-order valence-corrected chi connectivity index (χ0v) is 22.8. The number of halogens is 2. The third-order valence-electron chi connectivity index (χ3n) is 7.32. The molecule has 2 aromatic heterocycles. The number of aromatic nitrogens is 3.